The summed E-state index contributed by atoms with van der Waals surface area (Å²) in [5, 5.41) is 3.20. The van der Waals surface area contributed by atoms with Crippen molar-refractivity contribution in [1.82, 2.24) is 4.90 Å². The second-order valence-electron chi connectivity index (χ2n) is 7.42. The molecule has 3 rings (SSSR count). The molecule has 2 unspecified atom stereocenters. The highest BCUT2D eigenvalue weighted by Gasteiger charge is 2.30. The van der Waals surface area contributed by atoms with E-state index in [4.69, 9.17) is 0 Å². The smallest absolute Gasteiger partial charge is 0.241 e. The fourth-order valence-corrected chi connectivity index (χ4v) is 4.11. The second kappa shape index (κ2) is 8.50. The Morgan fingerprint density at radius 2 is 1.81 bits per heavy atom. The molecule has 2 atom stereocenters. The molecule has 1 aliphatic rings. The van der Waals surface area contributed by atoms with Gasteiger partial charge in [-0.25, -0.2) is 0 Å². The molecule has 1 saturated heterocycles. The molecule has 0 bridgehead atoms. The van der Waals surface area contributed by atoms with Crippen molar-refractivity contribution in [2.75, 3.05) is 18.4 Å². The van der Waals surface area contributed by atoms with E-state index in [9.17, 15) is 4.79 Å². The molecular weight excluding hydrogens is 320 g/mol. The number of carbonyl (C=O) groups excluding carboxylic acids is 1. The first-order valence-electron chi connectivity index (χ1n) is 9.76. The molecule has 3 nitrogen and oxygen atoms in total. The van der Waals surface area contributed by atoms with E-state index >= 15 is 0 Å². The lowest BCUT2D eigenvalue weighted by Crippen LogP contribution is -2.48. The van der Waals surface area contributed by atoms with Gasteiger partial charge in [0.25, 0.3) is 0 Å². The Morgan fingerprint density at radius 3 is 2.46 bits per heavy atom. The molecule has 0 saturated carbocycles. The van der Waals surface area contributed by atoms with E-state index in [1.54, 1.807) is 0 Å². The number of para-hydroxylation sites is 1. The minimum atomic E-state index is -0.0690. The highest BCUT2D eigenvalue weighted by Crippen LogP contribution is 2.29. The summed E-state index contributed by atoms with van der Waals surface area (Å²) in [6.07, 6.45) is 3.18. The maximum atomic E-state index is 13.0. The molecule has 2 aromatic rings. The van der Waals surface area contributed by atoms with E-state index in [2.05, 4.69) is 73.5 Å². The number of hydrogen-bond donors (Lipinski definition) is 1. The normalized spacial score (nSPS) is 19.1. The van der Waals surface area contributed by atoms with Gasteiger partial charge >= 0.3 is 0 Å². The van der Waals surface area contributed by atoms with Crippen LogP contribution in [-0.4, -0.2) is 29.9 Å². The van der Waals surface area contributed by atoms with Gasteiger partial charge in [-0.15, -0.1) is 0 Å². The summed E-state index contributed by atoms with van der Waals surface area (Å²) in [5.74, 6) is 0.644. The quantitative estimate of drug-likeness (QED) is 0.832. The molecule has 1 N–H and O–H groups in total. The summed E-state index contributed by atoms with van der Waals surface area (Å²) in [6.45, 7) is 8.18. The molecule has 138 valence electrons. The molecule has 0 spiro atoms. The minimum absolute atomic E-state index is 0.0690. The van der Waals surface area contributed by atoms with Gasteiger partial charge in [0.1, 0.15) is 0 Å². The third-order valence-corrected chi connectivity index (χ3v) is 5.58. The maximum absolute atomic E-state index is 13.0. The largest absolute Gasteiger partial charge is 0.324 e. The van der Waals surface area contributed by atoms with Gasteiger partial charge in [-0.05, 0) is 62.3 Å². The molecule has 1 amide bonds. The van der Waals surface area contributed by atoms with Gasteiger partial charge in [0.15, 0.2) is 0 Å². The third kappa shape index (κ3) is 4.16. The molecule has 0 aromatic heterocycles. The van der Waals surface area contributed by atoms with E-state index < -0.39 is 0 Å². The van der Waals surface area contributed by atoms with Gasteiger partial charge in [-0.2, -0.15) is 0 Å². The first-order valence-corrected chi connectivity index (χ1v) is 9.76. The molecule has 0 aliphatic carbocycles. The number of likely N-dealkylation sites (tertiary alicyclic amines) is 1. The van der Waals surface area contributed by atoms with Gasteiger partial charge in [0, 0.05) is 12.2 Å². The zero-order valence-electron chi connectivity index (χ0n) is 16.2. The van der Waals surface area contributed by atoms with E-state index in [1.165, 1.54) is 12.0 Å². The van der Waals surface area contributed by atoms with Gasteiger partial charge in [-0.3, -0.25) is 9.69 Å². The van der Waals surface area contributed by atoms with Crippen molar-refractivity contribution in [3.63, 3.8) is 0 Å². The molecule has 1 heterocycles. The number of nitrogens with zero attached hydrogens (tertiary/aromatic N) is 1. The summed E-state index contributed by atoms with van der Waals surface area (Å²) in [5.41, 5.74) is 4.60. The third-order valence-electron chi connectivity index (χ3n) is 5.58. The zero-order valence-corrected chi connectivity index (χ0v) is 16.2. The van der Waals surface area contributed by atoms with Crippen LogP contribution in [0.1, 0.15) is 48.8 Å². The lowest BCUT2D eigenvalue weighted by atomic mass is 9.89. The maximum Gasteiger partial charge on any atom is 0.241 e. The van der Waals surface area contributed by atoms with Crippen molar-refractivity contribution < 1.29 is 4.79 Å². The van der Waals surface area contributed by atoms with Crippen LogP contribution in [0.2, 0.25) is 0 Å². The zero-order chi connectivity index (χ0) is 18.5. The lowest BCUT2D eigenvalue weighted by molar-refractivity contribution is -0.121. The standard InChI is InChI=1S/C23H30N2O/c1-4-21(23(26)24-22-17(2)10-8-11-18(22)3)25-15-9-14-20(16-25)19-12-6-5-7-13-19/h5-8,10-13,20-21H,4,9,14-16H2,1-3H3,(H,24,26). The number of piperidine rings is 1. The predicted octanol–water partition coefficient (Wildman–Crippen LogP) is 4.90. The van der Waals surface area contributed by atoms with E-state index in [-0.39, 0.29) is 11.9 Å². The molecule has 0 radical (unpaired) electrons. The first-order chi connectivity index (χ1) is 12.6. The monoisotopic (exact) mass is 350 g/mol. The molecular formula is C23H30N2O. The fourth-order valence-electron chi connectivity index (χ4n) is 4.11. The average molecular weight is 351 g/mol. The lowest BCUT2D eigenvalue weighted by Gasteiger charge is -2.37. The summed E-state index contributed by atoms with van der Waals surface area (Å²) in [6, 6.07) is 16.8. The SMILES string of the molecule is CCC(C(=O)Nc1c(C)cccc1C)N1CCCC(c2ccccc2)C1. The van der Waals surface area contributed by atoms with Gasteiger partial charge in [0.05, 0.1) is 6.04 Å². The van der Waals surface area contributed by atoms with Crippen molar-refractivity contribution in [2.24, 2.45) is 0 Å². The topological polar surface area (TPSA) is 32.3 Å². The van der Waals surface area contributed by atoms with Crippen LogP contribution in [0, 0.1) is 13.8 Å². The Hall–Kier alpha value is -2.13. The number of benzene rings is 2. The molecule has 26 heavy (non-hydrogen) atoms. The summed E-state index contributed by atoms with van der Waals surface area (Å²) in [7, 11) is 0. The molecule has 2 aromatic carbocycles. The van der Waals surface area contributed by atoms with Crippen LogP contribution < -0.4 is 5.32 Å². The Morgan fingerprint density at radius 1 is 1.12 bits per heavy atom. The van der Waals surface area contributed by atoms with Crippen LogP contribution in [0.25, 0.3) is 0 Å². The molecule has 1 aliphatic heterocycles. The van der Waals surface area contributed by atoms with Gasteiger partial charge in [-0.1, -0.05) is 55.5 Å². The number of rotatable bonds is 5. The average Bonchev–Trinajstić information content (AvgIpc) is 2.66. The second-order valence-corrected chi connectivity index (χ2v) is 7.42. The number of hydrogen-bond acceptors (Lipinski definition) is 2. The van der Waals surface area contributed by atoms with Crippen LogP contribution in [0.15, 0.2) is 48.5 Å². The van der Waals surface area contributed by atoms with Crippen molar-refractivity contribution in [2.45, 2.75) is 52.0 Å². The number of aryl methyl sites for hydroxylation is 2. The molecule has 3 heteroatoms. The van der Waals surface area contributed by atoms with Crippen LogP contribution in [0.5, 0.6) is 0 Å². The Bertz CT molecular complexity index is 721. The van der Waals surface area contributed by atoms with Crippen molar-refractivity contribution >= 4 is 11.6 Å². The highest BCUT2D eigenvalue weighted by atomic mass is 16.2. The van der Waals surface area contributed by atoms with Crippen LogP contribution in [0.3, 0.4) is 0 Å². The Balaban J connectivity index is 1.72. The van der Waals surface area contributed by atoms with Gasteiger partial charge < -0.3 is 5.32 Å². The van der Waals surface area contributed by atoms with Gasteiger partial charge in [0.2, 0.25) is 5.91 Å². The summed E-state index contributed by atoms with van der Waals surface area (Å²) >= 11 is 0. The fraction of sp³-hybridized carbons (Fsp3) is 0.435. The number of amides is 1. The highest BCUT2D eigenvalue weighted by molar-refractivity contribution is 5.96. The van der Waals surface area contributed by atoms with Crippen molar-refractivity contribution in [3.05, 3.63) is 65.2 Å². The van der Waals surface area contributed by atoms with Crippen molar-refractivity contribution in [3.8, 4) is 0 Å². The Kier molecular flexibility index (Phi) is 6.10. The summed E-state index contributed by atoms with van der Waals surface area (Å²) < 4.78 is 0. The van der Waals surface area contributed by atoms with E-state index in [0.717, 1.165) is 42.7 Å². The Labute approximate surface area is 157 Å². The molecule has 1 fully saturated rings. The van der Waals surface area contributed by atoms with Crippen LogP contribution >= 0.6 is 0 Å². The van der Waals surface area contributed by atoms with Crippen LogP contribution in [0.4, 0.5) is 5.69 Å². The number of nitrogens with one attached hydrogen (secondary N) is 1. The first kappa shape index (κ1) is 18.7. The van der Waals surface area contributed by atoms with Crippen molar-refractivity contribution in [1.29, 1.82) is 0 Å². The summed E-state index contributed by atoms with van der Waals surface area (Å²) in [4.78, 5) is 15.4. The number of carbonyl (C=O) groups is 1. The van der Waals surface area contributed by atoms with E-state index in [0.29, 0.717) is 5.92 Å². The predicted molar refractivity (Wildman–Crippen MR) is 109 cm³/mol. The minimum Gasteiger partial charge on any atom is -0.324 e. The number of anilines is 1. The van der Waals surface area contributed by atoms with E-state index in [1.807, 2.05) is 6.07 Å². The van der Waals surface area contributed by atoms with Crippen LogP contribution in [-0.2, 0) is 4.79 Å².